The zero-order valence-corrected chi connectivity index (χ0v) is 11.6. The summed E-state index contributed by atoms with van der Waals surface area (Å²) in [6, 6.07) is 10.6. The van der Waals surface area contributed by atoms with Gasteiger partial charge in [0.15, 0.2) is 0 Å². The highest BCUT2D eigenvalue weighted by Gasteiger charge is 2.15. The molecule has 0 fully saturated rings. The number of phenolic OH excluding ortho intramolecular Hbond substituents is 1. The molecule has 3 aromatic rings. The van der Waals surface area contributed by atoms with E-state index in [1.165, 1.54) is 12.4 Å². The van der Waals surface area contributed by atoms with Gasteiger partial charge in [-0.25, -0.2) is 14.4 Å². The Bertz CT molecular complexity index is 913. The van der Waals surface area contributed by atoms with Crippen molar-refractivity contribution in [1.29, 1.82) is 0 Å². The molecule has 0 unspecified atom stereocenters. The Kier molecular flexibility index (Phi) is 3.42. The molecule has 0 radical (unpaired) electrons. The average molecular weight is 290 g/mol. The van der Waals surface area contributed by atoms with Crippen molar-refractivity contribution in [2.24, 2.45) is 0 Å². The summed E-state index contributed by atoms with van der Waals surface area (Å²) in [5.74, 6) is 3.39. The van der Waals surface area contributed by atoms with Crippen LogP contribution in [-0.4, -0.2) is 21.9 Å². The number of aromatic nitrogens is 2. The number of anilines is 2. The van der Waals surface area contributed by atoms with E-state index in [0.717, 1.165) is 11.3 Å². The van der Waals surface area contributed by atoms with Crippen molar-refractivity contribution < 1.29 is 9.53 Å². The van der Waals surface area contributed by atoms with Gasteiger partial charge in [-0.05, 0) is 18.2 Å². The van der Waals surface area contributed by atoms with Crippen molar-refractivity contribution in [3.05, 3.63) is 48.3 Å². The van der Waals surface area contributed by atoms with E-state index in [4.69, 9.17) is 10.8 Å². The van der Waals surface area contributed by atoms with Gasteiger partial charge in [-0.2, -0.15) is 0 Å². The zero-order valence-electron chi connectivity index (χ0n) is 11.6. The van der Waals surface area contributed by atoms with E-state index >= 15 is 0 Å². The lowest BCUT2D eigenvalue weighted by molar-refractivity contribution is -0.356. The minimum Gasteiger partial charge on any atom is -0.500 e. The molecular weight excluding hydrogens is 278 g/mol. The third kappa shape index (κ3) is 2.45. The van der Waals surface area contributed by atoms with Crippen LogP contribution in [0.15, 0.2) is 42.7 Å². The largest absolute Gasteiger partial charge is 0.500 e. The number of hydrogen-bond acceptors (Lipinski definition) is 4. The van der Waals surface area contributed by atoms with Crippen LogP contribution in [0, 0.1) is 12.3 Å². The van der Waals surface area contributed by atoms with Gasteiger partial charge in [0, 0.05) is 17.3 Å². The highest BCUT2D eigenvalue weighted by molar-refractivity contribution is 5.92. The molecule has 0 amide bonds. The molecule has 106 valence electrons. The normalized spacial score (nSPS) is 10.1. The van der Waals surface area contributed by atoms with Crippen molar-refractivity contribution in [1.82, 2.24) is 9.97 Å². The first-order valence-corrected chi connectivity index (χ1v) is 6.44. The van der Waals surface area contributed by atoms with Crippen molar-refractivity contribution in [2.45, 2.75) is 0 Å². The molecule has 3 rings (SSSR count). The molecule has 0 spiro atoms. The van der Waals surface area contributed by atoms with Crippen molar-refractivity contribution >= 4 is 29.2 Å². The SMILES string of the molecule is C#Cc1cccc(Nc2ncnc3cc(O)c([O+]=C)cc23)c1. The van der Waals surface area contributed by atoms with Crippen LogP contribution in [0.2, 0.25) is 0 Å². The molecule has 5 nitrogen and oxygen atoms in total. The van der Waals surface area contributed by atoms with Crippen molar-refractivity contribution in [3.8, 4) is 23.8 Å². The Morgan fingerprint density at radius 3 is 2.86 bits per heavy atom. The lowest BCUT2D eigenvalue weighted by atomic mass is 10.2. The summed E-state index contributed by atoms with van der Waals surface area (Å²) in [5.41, 5.74) is 2.16. The Morgan fingerprint density at radius 1 is 1.23 bits per heavy atom. The predicted octanol–water partition coefficient (Wildman–Crippen LogP) is 3.14. The molecule has 0 aliphatic carbocycles. The second kappa shape index (κ2) is 5.54. The smallest absolute Gasteiger partial charge is 0.393 e. The van der Waals surface area contributed by atoms with Crippen LogP contribution in [0.3, 0.4) is 0 Å². The second-order valence-corrected chi connectivity index (χ2v) is 4.55. The topological polar surface area (TPSA) is 69.3 Å². The summed E-state index contributed by atoms with van der Waals surface area (Å²) in [7, 11) is 0. The maximum absolute atomic E-state index is 9.79. The Hall–Kier alpha value is -3.39. The molecule has 1 heterocycles. The zero-order chi connectivity index (χ0) is 15.5. The summed E-state index contributed by atoms with van der Waals surface area (Å²) < 4.78 is 4.88. The fourth-order valence-corrected chi connectivity index (χ4v) is 2.11. The molecule has 1 aromatic heterocycles. The molecule has 0 saturated carbocycles. The van der Waals surface area contributed by atoms with E-state index in [0.29, 0.717) is 16.7 Å². The van der Waals surface area contributed by atoms with Crippen LogP contribution in [0.5, 0.6) is 11.5 Å². The maximum atomic E-state index is 9.79. The Morgan fingerprint density at radius 2 is 2.09 bits per heavy atom. The van der Waals surface area contributed by atoms with Gasteiger partial charge < -0.3 is 10.4 Å². The summed E-state index contributed by atoms with van der Waals surface area (Å²) in [6.45, 7) is 3.32. The fourth-order valence-electron chi connectivity index (χ4n) is 2.11. The van der Waals surface area contributed by atoms with Gasteiger partial charge in [0.2, 0.25) is 5.75 Å². The van der Waals surface area contributed by atoms with Gasteiger partial charge >= 0.3 is 5.75 Å². The quantitative estimate of drug-likeness (QED) is 0.574. The molecule has 0 aliphatic rings. The highest BCUT2D eigenvalue weighted by Crippen LogP contribution is 2.33. The standard InChI is InChI=1S/C17H11N3O2/c1-3-11-5-4-6-12(7-11)20-17-13-8-16(22-2)15(21)9-14(13)18-10-19-17/h1,4-10H,2H2,(H-,18,19,20,21)/p+1. The molecule has 0 aliphatic heterocycles. The number of nitrogens with zero attached hydrogens (tertiary/aromatic N) is 2. The Labute approximate surface area is 127 Å². The number of aromatic hydroxyl groups is 1. The molecule has 0 bridgehead atoms. The Balaban J connectivity index is 2.10. The van der Waals surface area contributed by atoms with E-state index in [1.807, 2.05) is 24.3 Å². The summed E-state index contributed by atoms with van der Waals surface area (Å²) in [4.78, 5) is 8.37. The second-order valence-electron chi connectivity index (χ2n) is 4.55. The van der Waals surface area contributed by atoms with Gasteiger partial charge in [0.05, 0.1) is 17.0 Å². The van der Waals surface area contributed by atoms with E-state index in [1.54, 1.807) is 6.07 Å². The molecule has 0 atom stereocenters. The molecular formula is C17H12N3O2+. The molecule has 2 aromatic carbocycles. The van der Waals surface area contributed by atoms with Gasteiger partial charge in [-0.1, -0.05) is 12.0 Å². The number of hydrogen-bond donors (Lipinski definition) is 2. The van der Waals surface area contributed by atoms with Crippen LogP contribution >= 0.6 is 0 Å². The molecule has 5 heteroatoms. The first kappa shape index (κ1) is 13.6. The van der Waals surface area contributed by atoms with Crippen LogP contribution in [0.1, 0.15) is 5.56 Å². The van der Waals surface area contributed by atoms with Crippen LogP contribution < -0.4 is 5.32 Å². The van der Waals surface area contributed by atoms with E-state index in [-0.39, 0.29) is 11.5 Å². The number of nitrogens with one attached hydrogen (secondary N) is 1. The highest BCUT2D eigenvalue weighted by atomic mass is 16.4. The minimum atomic E-state index is -0.0264. The van der Waals surface area contributed by atoms with Gasteiger partial charge in [0.1, 0.15) is 12.1 Å². The summed E-state index contributed by atoms with van der Waals surface area (Å²) in [6.07, 6.45) is 6.82. The monoisotopic (exact) mass is 290 g/mol. The van der Waals surface area contributed by atoms with Crippen LogP contribution in [-0.2, 0) is 4.42 Å². The van der Waals surface area contributed by atoms with Crippen molar-refractivity contribution in [3.63, 3.8) is 0 Å². The molecule has 2 N–H and O–H groups in total. The van der Waals surface area contributed by atoms with E-state index < -0.39 is 0 Å². The van der Waals surface area contributed by atoms with Crippen LogP contribution in [0.4, 0.5) is 11.5 Å². The first-order valence-electron chi connectivity index (χ1n) is 6.44. The number of phenols is 1. The lowest BCUT2D eigenvalue weighted by Crippen LogP contribution is -1.96. The van der Waals surface area contributed by atoms with Gasteiger partial charge in [-0.3, -0.25) is 0 Å². The third-order valence-electron chi connectivity index (χ3n) is 3.16. The van der Waals surface area contributed by atoms with Gasteiger partial charge in [-0.15, -0.1) is 6.42 Å². The minimum absolute atomic E-state index is 0.0264. The van der Waals surface area contributed by atoms with E-state index in [2.05, 4.69) is 28.0 Å². The van der Waals surface area contributed by atoms with Crippen molar-refractivity contribution in [2.75, 3.05) is 5.32 Å². The number of carbonyl (C=O) groups excluding carboxylic acids is 1. The summed E-state index contributed by atoms with van der Waals surface area (Å²) in [5, 5.41) is 13.7. The third-order valence-corrected chi connectivity index (χ3v) is 3.16. The molecule has 22 heavy (non-hydrogen) atoms. The summed E-state index contributed by atoms with van der Waals surface area (Å²) >= 11 is 0. The number of rotatable bonds is 3. The number of fused-ring (bicyclic) bond motifs is 1. The van der Waals surface area contributed by atoms with E-state index in [9.17, 15) is 5.11 Å². The number of benzene rings is 2. The average Bonchev–Trinajstić information content (AvgIpc) is 2.54. The maximum Gasteiger partial charge on any atom is 0.393 e. The van der Waals surface area contributed by atoms with Crippen LogP contribution in [0.25, 0.3) is 10.9 Å². The lowest BCUT2D eigenvalue weighted by Gasteiger charge is -2.08. The fraction of sp³-hybridized carbons (Fsp3) is 0. The first-order chi connectivity index (χ1) is 10.7. The van der Waals surface area contributed by atoms with Gasteiger partial charge in [0.25, 0.3) is 6.79 Å². The predicted molar refractivity (Wildman–Crippen MR) is 85.4 cm³/mol. The number of terminal acetylenes is 1. The molecule has 0 saturated heterocycles.